The van der Waals surface area contributed by atoms with Gasteiger partial charge in [0, 0.05) is 30.7 Å². The second kappa shape index (κ2) is 6.99. The van der Waals surface area contributed by atoms with E-state index in [0.29, 0.717) is 23.7 Å². The fourth-order valence-corrected chi connectivity index (χ4v) is 1.99. The van der Waals surface area contributed by atoms with Gasteiger partial charge >= 0.3 is 0 Å². The molecular formula is C15H19N3O3. The van der Waals surface area contributed by atoms with Gasteiger partial charge in [-0.2, -0.15) is 4.98 Å². The number of aromatic nitrogens is 2. The van der Waals surface area contributed by atoms with Crippen molar-refractivity contribution >= 4 is 5.91 Å². The molecule has 6 nitrogen and oxygen atoms in total. The molecule has 1 amide bonds. The third kappa shape index (κ3) is 4.13. The molecule has 0 radical (unpaired) electrons. The monoisotopic (exact) mass is 289 g/mol. The van der Waals surface area contributed by atoms with Gasteiger partial charge < -0.3 is 14.9 Å². The lowest BCUT2D eigenvalue weighted by atomic mass is 10.1. The number of nitrogens with one attached hydrogen (secondary N) is 1. The zero-order chi connectivity index (χ0) is 15.2. The Bertz CT molecular complexity index is 610. The van der Waals surface area contributed by atoms with Gasteiger partial charge in [0.2, 0.25) is 11.7 Å². The summed E-state index contributed by atoms with van der Waals surface area (Å²) in [5.74, 6) is 0.801. The number of aliphatic hydroxyl groups excluding tert-OH is 1. The van der Waals surface area contributed by atoms with Crippen LogP contribution in [-0.4, -0.2) is 33.8 Å². The van der Waals surface area contributed by atoms with Crippen LogP contribution in [0.15, 0.2) is 28.8 Å². The maximum atomic E-state index is 12.2. The van der Waals surface area contributed by atoms with Gasteiger partial charge in [-0.05, 0) is 31.9 Å². The summed E-state index contributed by atoms with van der Waals surface area (Å²) < 4.78 is 4.94. The molecule has 21 heavy (non-hydrogen) atoms. The Kier molecular flexibility index (Phi) is 5.05. The number of aliphatic hydroxyl groups is 1. The number of nitrogens with zero attached hydrogens (tertiary/aromatic N) is 2. The van der Waals surface area contributed by atoms with Gasteiger partial charge in [0.15, 0.2) is 0 Å². The van der Waals surface area contributed by atoms with E-state index >= 15 is 0 Å². The zero-order valence-corrected chi connectivity index (χ0v) is 12.2. The molecule has 1 aromatic heterocycles. The molecule has 2 N–H and O–H groups in total. The molecule has 1 aromatic carbocycles. The van der Waals surface area contributed by atoms with Crippen LogP contribution in [-0.2, 0) is 0 Å². The maximum Gasteiger partial charge on any atom is 0.251 e. The molecule has 0 fully saturated rings. The molecule has 0 saturated carbocycles. The van der Waals surface area contributed by atoms with E-state index in [1.165, 1.54) is 0 Å². The largest absolute Gasteiger partial charge is 0.396 e. The summed E-state index contributed by atoms with van der Waals surface area (Å²) in [7, 11) is 0. The minimum atomic E-state index is -0.150. The van der Waals surface area contributed by atoms with E-state index in [-0.39, 0.29) is 18.6 Å². The number of hydrogen-bond acceptors (Lipinski definition) is 5. The predicted octanol–water partition coefficient (Wildman–Crippen LogP) is 1.94. The maximum absolute atomic E-state index is 12.2. The second-order valence-corrected chi connectivity index (χ2v) is 4.96. The fraction of sp³-hybridized carbons (Fsp3) is 0.400. The summed E-state index contributed by atoms with van der Waals surface area (Å²) in [5, 5.41) is 15.5. The zero-order valence-electron chi connectivity index (χ0n) is 12.2. The summed E-state index contributed by atoms with van der Waals surface area (Å²) in [4.78, 5) is 16.3. The van der Waals surface area contributed by atoms with Crippen LogP contribution in [0.2, 0.25) is 0 Å². The highest BCUT2D eigenvalue weighted by atomic mass is 16.5. The highest BCUT2D eigenvalue weighted by molar-refractivity contribution is 5.95. The third-order valence-corrected chi connectivity index (χ3v) is 3.08. The summed E-state index contributed by atoms with van der Waals surface area (Å²) in [6.45, 7) is 3.77. The van der Waals surface area contributed by atoms with Crippen LogP contribution in [0.25, 0.3) is 11.4 Å². The lowest BCUT2D eigenvalue weighted by molar-refractivity contribution is 0.0936. The molecule has 2 rings (SSSR count). The summed E-state index contributed by atoms with van der Waals surface area (Å²) >= 11 is 0. The Hall–Kier alpha value is -2.21. The number of benzene rings is 1. The van der Waals surface area contributed by atoms with Gasteiger partial charge in [0.05, 0.1) is 0 Å². The van der Waals surface area contributed by atoms with E-state index in [1.807, 2.05) is 13.0 Å². The highest BCUT2D eigenvalue weighted by Gasteiger charge is 2.12. The van der Waals surface area contributed by atoms with Gasteiger partial charge in [-0.15, -0.1) is 0 Å². The second-order valence-electron chi connectivity index (χ2n) is 4.96. The van der Waals surface area contributed by atoms with Crippen LogP contribution in [0.1, 0.15) is 36.0 Å². The number of carbonyl (C=O) groups is 1. The first-order valence-corrected chi connectivity index (χ1v) is 6.92. The van der Waals surface area contributed by atoms with Crippen LogP contribution in [0, 0.1) is 6.92 Å². The lowest BCUT2D eigenvalue weighted by Crippen LogP contribution is -2.32. The molecular weight excluding hydrogens is 270 g/mol. The molecule has 1 atom stereocenters. The average molecular weight is 289 g/mol. The SMILES string of the molecule is Cc1nc(-c2cccc(C(=O)NC(C)CCCO)c2)no1. The van der Waals surface area contributed by atoms with Crippen LogP contribution < -0.4 is 5.32 Å². The molecule has 0 aliphatic heterocycles. The average Bonchev–Trinajstić information content (AvgIpc) is 2.92. The van der Waals surface area contributed by atoms with Crippen LogP contribution in [0.4, 0.5) is 0 Å². The van der Waals surface area contributed by atoms with E-state index in [4.69, 9.17) is 9.63 Å². The van der Waals surface area contributed by atoms with Crippen molar-refractivity contribution in [1.29, 1.82) is 0 Å². The summed E-state index contributed by atoms with van der Waals surface area (Å²) in [6.07, 6.45) is 1.41. The van der Waals surface area contributed by atoms with Crippen molar-refractivity contribution < 1.29 is 14.4 Å². The van der Waals surface area contributed by atoms with Crippen molar-refractivity contribution in [2.24, 2.45) is 0 Å². The van der Waals surface area contributed by atoms with Crippen molar-refractivity contribution in [3.05, 3.63) is 35.7 Å². The highest BCUT2D eigenvalue weighted by Crippen LogP contribution is 2.17. The lowest BCUT2D eigenvalue weighted by Gasteiger charge is -2.13. The Morgan fingerprint density at radius 3 is 2.95 bits per heavy atom. The van der Waals surface area contributed by atoms with E-state index in [1.54, 1.807) is 25.1 Å². The normalized spacial score (nSPS) is 12.1. The molecule has 0 spiro atoms. The number of amides is 1. The summed E-state index contributed by atoms with van der Waals surface area (Å²) in [6, 6.07) is 7.11. The molecule has 0 aliphatic carbocycles. The first-order chi connectivity index (χ1) is 10.1. The standard InChI is InChI=1S/C15H19N3O3/c1-10(5-4-8-19)16-15(20)13-7-3-6-12(9-13)14-17-11(2)21-18-14/h3,6-7,9-10,19H,4-5,8H2,1-2H3,(H,16,20). The van der Waals surface area contributed by atoms with Gasteiger partial charge in [-0.1, -0.05) is 17.3 Å². The molecule has 0 aliphatic rings. The Labute approximate surface area is 123 Å². The predicted molar refractivity (Wildman–Crippen MR) is 77.7 cm³/mol. The molecule has 0 bridgehead atoms. The first kappa shape index (κ1) is 15.2. The Morgan fingerprint density at radius 1 is 1.48 bits per heavy atom. The van der Waals surface area contributed by atoms with Crippen LogP contribution >= 0.6 is 0 Å². The number of carbonyl (C=O) groups excluding carboxylic acids is 1. The number of rotatable bonds is 6. The quantitative estimate of drug-likeness (QED) is 0.848. The van der Waals surface area contributed by atoms with Crippen molar-refractivity contribution in [2.75, 3.05) is 6.61 Å². The topological polar surface area (TPSA) is 88.2 Å². The van der Waals surface area contributed by atoms with Gasteiger partial charge in [-0.3, -0.25) is 4.79 Å². The number of hydrogen-bond donors (Lipinski definition) is 2. The Morgan fingerprint density at radius 2 is 2.29 bits per heavy atom. The van der Waals surface area contributed by atoms with E-state index < -0.39 is 0 Å². The van der Waals surface area contributed by atoms with E-state index in [2.05, 4.69) is 15.5 Å². The molecule has 1 unspecified atom stereocenters. The minimum Gasteiger partial charge on any atom is -0.396 e. The van der Waals surface area contributed by atoms with Crippen molar-refractivity contribution in [2.45, 2.75) is 32.7 Å². The smallest absolute Gasteiger partial charge is 0.251 e. The van der Waals surface area contributed by atoms with Crippen LogP contribution in [0.3, 0.4) is 0 Å². The van der Waals surface area contributed by atoms with Crippen molar-refractivity contribution in [3.8, 4) is 11.4 Å². The van der Waals surface area contributed by atoms with Gasteiger partial charge in [0.1, 0.15) is 0 Å². The fourth-order valence-electron chi connectivity index (χ4n) is 1.99. The molecule has 0 saturated heterocycles. The van der Waals surface area contributed by atoms with Gasteiger partial charge in [0.25, 0.3) is 5.91 Å². The van der Waals surface area contributed by atoms with E-state index in [9.17, 15) is 4.79 Å². The van der Waals surface area contributed by atoms with Gasteiger partial charge in [-0.25, -0.2) is 0 Å². The van der Waals surface area contributed by atoms with Crippen LogP contribution in [0.5, 0.6) is 0 Å². The summed E-state index contributed by atoms with van der Waals surface area (Å²) in [5.41, 5.74) is 1.29. The minimum absolute atomic E-state index is 0.0146. The molecule has 6 heteroatoms. The third-order valence-electron chi connectivity index (χ3n) is 3.08. The molecule has 2 aromatic rings. The molecule has 112 valence electrons. The molecule has 1 heterocycles. The Balaban J connectivity index is 2.08. The first-order valence-electron chi connectivity index (χ1n) is 6.92. The van der Waals surface area contributed by atoms with Crippen molar-refractivity contribution in [3.63, 3.8) is 0 Å². The van der Waals surface area contributed by atoms with E-state index in [0.717, 1.165) is 12.0 Å². The van der Waals surface area contributed by atoms with Crippen molar-refractivity contribution in [1.82, 2.24) is 15.5 Å². The number of aryl methyl sites for hydroxylation is 1.